The Morgan fingerprint density at radius 2 is 1.54 bits per heavy atom. The van der Waals surface area contributed by atoms with Gasteiger partial charge in [-0.2, -0.15) is 0 Å². The number of anilines is 1. The van der Waals surface area contributed by atoms with Crippen molar-refractivity contribution in [2.45, 2.75) is 6.61 Å². The van der Waals surface area contributed by atoms with Crippen molar-refractivity contribution in [1.82, 2.24) is 0 Å². The molecule has 3 aromatic rings. The lowest BCUT2D eigenvalue weighted by molar-refractivity contribution is -0.147. The fraction of sp³-hybridized carbons (Fsp3) is 0.0909. The van der Waals surface area contributed by atoms with Crippen LogP contribution >= 0.6 is 0 Å². The molecule has 0 bridgehead atoms. The Labute approximate surface area is 161 Å². The summed E-state index contributed by atoms with van der Waals surface area (Å²) < 4.78 is 23.6. The highest BCUT2D eigenvalue weighted by Gasteiger charge is 2.09. The van der Waals surface area contributed by atoms with Crippen molar-refractivity contribution in [3.05, 3.63) is 95.8 Å². The average molecular weight is 379 g/mol. The average Bonchev–Trinajstić information content (AvgIpc) is 2.73. The molecule has 0 aliphatic carbocycles. The number of halogens is 1. The Hall–Kier alpha value is -3.67. The minimum Gasteiger partial charge on any atom is -0.479 e. The molecule has 0 heterocycles. The molecule has 6 heteroatoms. The van der Waals surface area contributed by atoms with Gasteiger partial charge < -0.3 is 14.8 Å². The minimum absolute atomic E-state index is 0.00627. The zero-order chi connectivity index (χ0) is 19.8. The fourth-order valence-corrected chi connectivity index (χ4v) is 2.38. The van der Waals surface area contributed by atoms with Crippen LogP contribution in [0.15, 0.2) is 78.9 Å². The lowest BCUT2D eigenvalue weighted by Crippen LogP contribution is -2.15. The number of para-hydroxylation sites is 2. The van der Waals surface area contributed by atoms with E-state index in [9.17, 15) is 14.0 Å². The van der Waals surface area contributed by atoms with E-state index in [4.69, 9.17) is 9.47 Å². The van der Waals surface area contributed by atoms with Crippen molar-refractivity contribution < 1.29 is 23.5 Å². The number of hydrogen-bond acceptors (Lipinski definition) is 4. The predicted molar refractivity (Wildman–Crippen MR) is 103 cm³/mol. The molecule has 0 aliphatic heterocycles. The number of ether oxygens (including phenoxy) is 2. The molecule has 3 aromatic carbocycles. The van der Waals surface area contributed by atoms with E-state index >= 15 is 0 Å². The molecule has 0 aliphatic rings. The normalized spacial score (nSPS) is 10.2. The lowest BCUT2D eigenvalue weighted by Gasteiger charge is -2.08. The van der Waals surface area contributed by atoms with E-state index in [-0.39, 0.29) is 18.3 Å². The van der Waals surface area contributed by atoms with Gasteiger partial charge in [-0.05, 0) is 42.0 Å². The number of rotatable bonds is 7. The first-order valence-corrected chi connectivity index (χ1v) is 8.60. The molecule has 0 saturated carbocycles. The largest absolute Gasteiger partial charge is 0.479 e. The molecule has 0 atom stereocenters. The van der Waals surface area contributed by atoms with Crippen molar-refractivity contribution in [1.29, 1.82) is 0 Å². The van der Waals surface area contributed by atoms with Crippen molar-refractivity contribution in [2.24, 2.45) is 0 Å². The number of benzene rings is 3. The number of esters is 1. The molecular weight excluding hydrogens is 361 g/mol. The maximum absolute atomic E-state index is 13.4. The van der Waals surface area contributed by atoms with Gasteiger partial charge in [0, 0.05) is 11.3 Å². The highest BCUT2D eigenvalue weighted by Crippen LogP contribution is 2.15. The van der Waals surface area contributed by atoms with Gasteiger partial charge >= 0.3 is 5.97 Å². The van der Waals surface area contributed by atoms with Gasteiger partial charge in [0.05, 0.1) is 0 Å². The van der Waals surface area contributed by atoms with Crippen LogP contribution in [0, 0.1) is 5.82 Å². The molecule has 142 valence electrons. The van der Waals surface area contributed by atoms with Crippen LogP contribution in [-0.2, 0) is 16.1 Å². The molecule has 28 heavy (non-hydrogen) atoms. The summed E-state index contributed by atoms with van der Waals surface area (Å²) in [4.78, 5) is 23.9. The van der Waals surface area contributed by atoms with E-state index in [2.05, 4.69) is 5.32 Å². The minimum atomic E-state index is -0.617. The van der Waals surface area contributed by atoms with Crippen molar-refractivity contribution >= 4 is 17.6 Å². The van der Waals surface area contributed by atoms with Gasteiger partial charge in [0.15, 0.2) is 18.2 Å². The monoisotopic (exact) mass is 379 g/mol. The second-order valence-electron chi connectivity index (χ2n) is 5.90. The van der Waals surface area contributed by atoms with E-state index in [0.717, 1.165) is 5.56 Å². The summed E-state index contributed by atoms with van der Waals surface area (Å²) in [6.45, 7) is -0.363. The van der Waals surface area contributed by atoms with Crippen LogP contribution in [-0.4, -0.2) is 18.5 Å². The molecule has 3 rings (SSSR count). The van der Waals surface area contributed by atoms with Crippen LogP contribution in [0.25, 0.3) is 0 Å². The predicted octanol–water partition coefficient (Wildman–Crippen LogP) is 4.20. The topological polar surface area (TPSA) is 64.6 Å². The van der Waals surface area contributed by atoms with E-state index in [0.29, 0.717) is 11.3 Å². The molecule has 0 spiro atoms. The van der Waals surface area contributed by atoms with E-state index < -0.39 is 18.4 Å². The third-order valence-electron chi connectivity index (χ3n) is 3.83. The van der Waals surface area contributed by atoms with Crippen molar-refractivity contribution in [3.8, 4) is 5.75 Å². The Bertz CT molecular complexity index is 942. The Balaban J connectivity index is 1.47. The van der Waals surface area contributed by atoms with Gasteiger partial charge in [-0.3, -0.25) is 4.79 Å². The van der Waals surface area contributed by atoms with Crippen LogP contribution in [0.3, 0.4) is 0 Å². The van der Waals surface area contributed by atoms with Crippen LogP contribution < -0.4 is 10.1 Å². The molecule has 1 amide bonds. The van der Waals surface area contributed by atoms with Gasteiger partial charge in [-0.1, -0.05) is 42.5 Å². The van der Waals surface area contributed by atoms with E-state index in [1.807, 2.05) is 18.2 Å². The van der Waals surface area contributed by atoms with Gasteiger partial charge in [0.1, 0.15) is 6.61 Å². The van der Waals surface area contributed by atoms with Crippen LogP contribution in [0.1, 0.15) is 15.9 Å². The number of carbonyl (C=O) groups excluding carboxylic acids is 2. The summed E-state index contributed by atoms with van der Waals surface area (Å²) in [5.74, 6) is -1.39. The summed E-state index contributed by atoms with van der Waals surface area (Å²) in [5.41, 5.74) is 1.91. The number of carbonyl (C=O) groups is 2. The highest BCUT2D eigenvalue weighted by molar-refractivity contribution is 6.04. The molecular formula is C22H18FNO4. The quantitative estimate of drug-likeness (QED) is 0.625. The van der Waals surface area contributed by atoms with Crippen LogP contribution in [0.4, 0.5) is 10.1 Å². The van der Waals surface area contributed by atoms with E-state index in [1.165, 1.54) is 18.2 Å². The van der Waals surface area contributed by atoms with Crippen molar-refractivity contribution in [2.75, 3.05) is 11.9 Å². The summed E-state index contributed by atoms with van der Waals surface area (Å²) in [5, 5.41) is 2.79. The number of nitrogens with one attached hydrogen (secondary N) is 1. The van der Waals surface area contributed by atoms with E-state index in [1.54, 1.807) is 42.5 Å². The summed E-state index contributed by atoms with van der Waals surface area (Å²) >= 11 is 0. The van der Waals surface area contributed by atoms with Crippen LogP contribution in [0.5, 0.6) is 5.75 Å². The molecule has 1 N–H and O–H groups in total. The van der Waals surface area contributed by atoms with Gasteiger partial charge in [0.25, 0.3) is 5.91 Å². The zero-order valence-corrected chi connectivity index (χ0v) is 14.9. The third-order valence-corrected chi connectivity index (χ3v) is 3.83. The Morgan fingerprint density at radius 3 is 2.25 bits per heavy atom. The first kappa shape index (κ1) is 19.1. The zero-order valence-electron chi connectivity index (χ0n) is 14.9. The third kappa shape index (κ3) is 5.41. The standard InChI is InChI=1S/C22H18FNO4/c23-19-8-4-5-9-20(19)27-15-21(25)28-14-16-10-12-17(13-11-16)22(26)24-18-6-2-1-3-7-18/h1-13H,14-15H2,(H,24,26). The first-order chi connectivity index (χ1) is 13.6. The molecule has 0 aromatic heterocycles. The fourth-order valence-electron chi connectivity index (χ4n) is 2.38. The maximum Gasteiger partial charge on any atom is 0.344 e. The lowest BCUT2D eigenvalue weighted by atomic mass is 10.1. The van der Waals surface area contributed by atoms with Gasteiger partial charge in [-0.15, -0.1) is 0 Å². The molecule has 0 radical (unpaired) electrons. The maximum atomic E-state index is 13.4. The second-order valence-corrected chi connectivity index (χ2v) is 5.90. The summed E-state index contributed by atoms with van der Waals surface area (Å²) in [6, 6.07) is 21.7. The first-order valence-electron chi connectivity index (χ1n) is 8.60. The smallest absolute Gasteiger partial charge is 0.344 e. The molecule has 0 unspecified atom stereocenters. The number of hydrogen-bond donors (Lipinski definition) is 1. The van der Waals surface area contributed by atoms with Crippen molar-refractivity contribution in [3.63, 3.8) is 0 Å². The second kappa shape index (κ2) is 9.32. The van der Waals surface area contributed by atoms with Gasteiger partial charge in [-0.25, -0.2) is 9.18 Å². The van der Waals surface area contributed by atoms with Gasteiger partial charge in [0.2, 0.25) is 0 Å². The SMILES string of the molecule is O=C(COc1ccccc1F)OCc1ccc(C(=O)Nc2ccccc2)cc1. The molecule has 5 nitrogen and oxygen atoms in total. The Morgan fingerprint density at radius 1 is 0.857 bits per heavy atom. The summed E-state index contributed by atoms with van der Waals surface area (Å²) in [6.07, 6.45) is 0. The number of amides is 1. The van der Waals surface area contributed by atoms with Crippen LogP contribution in [0.2, 0.25) is 0 Å². The Kier molecular flexibility index (Phi) is 6.36. The molecule has 0 saturated heterocycles. The highest BCUT2D eigenvalue weighted by atomic mass is 19.1. The summed E-state index contributed by atoms with van der Waals surface area (Å²) in [7, 11) is 0. The molecule has 0 fully saturated rings.